The molecule has 0 fully saturated rings. The van der Waals surface area contributed by atoms with Crippen LogP contribution in [0.2, 0.25) is 0 Å². The quantitative estimate of drug-likeness (QED) is 0.636. The highest BCUT2D eigenvalue weighted by atomic mass is 16.5. The number of amides is 1. The van der Waals surface area contributed by atoms with Gasteiger partial charge in [-0.15, -0.1) is 0 Å². The first-order chi connectivity index (χ1) is 9.47. The summed E-state index contributed by atoms with van der Waals surface area (Å²) in [7, 11) is 3.08. The lowest BCUT2D eigenvalue weighted by Gasteiger charge is -2.07. The third kappa shape index (κ3) is 4.42. The molecule has 5 nitrogen and oxygen atoms in total. The zero-order valence-electron chi connectivity index (χ0n) is 12.1. The summed E-state index contributed by atoms with van der Waals surface area (Å²) in [6, 6.07) is 5.16. The van der Waals surface area contributed by atoms with Crippen molar-refractivity contribution in [3.8, 4) is 11.5 Å². The van der Waals surface area contributed by atoms with Gasteiger partial charge >= 0.3 is 0 Å². The van der Waals surface area contributed by atoms with Gasteiger partial charge in [-0.05, 0) is 37.6 Å². The summed E-state index contributed by atoms with van der Waals surface area (Å²) in [4.78, 5) is 23.0. The van der Waals surface area contributed by atoms with Crippen LogP contribution in [-0.4, -0.2) is 32.0 Å². The smallest absolute Gasteiger partial charge is 0.291 e. The van der Waals surface area contributed by atoms with Gasteiger partial charge < -0.3 is 14.8 Å². The van der Waals surface area contributed by atoms with Crippen molar-refractivity contribution < 1.29 is 19.1 Å². The summed E-state index contributed by atoms with van der Waals surface area (Å²) in [6.07, 6.45) is 2.79. The van der Waals surface area contributed by atoms with Gasteiger partial charge in [-0.25, -0.2) is 0 Å². The number of methoxy groups -OCH3 is 2. The van der Waals surface area contributed by atoms with E-state index in [2.05, 4.69) is 5.32 Å². The van der Waals surface area contributed by atoms with Crippen molar-refractivity contribution in [2.75, 3.05) is 14.2 Å². The van der Waals surface area contributed by atoms with Crippen LogP contribution in [0.4, 0.5) is 0 Å². The van der Waals surface area contributed by atoms with E-state index in [0.29, 0.717) is 11.5 Å². The number of hydrogen-bond donors (Lipinski definition) is 1. The monoisotopic (exact) mass is 277 g/mol. The van der Waals surface area contributed by atoms with Gasteiger partial charge in [0.05, 0.1) is 14.2 Å². The van der Waals surface area contributed by atoms with Crippen LogP contribution in [0, 0.1) is 0 Å². The molecular formula is C15H19NO4. The number of ether oxygens (including phenoxy) is 2. The summed E-state index contributed by atoms with van der Waals surface area (Å²) in [5, 5.41) is 2.54. The Labute approximate surface area is 118 Å². The predicted octanol–water partition coefficient (Wildman–Crippen LogP) is 1.81. The second kappa shape index (κ2) is 7.33. The molecule has 20 heavy (non-hydrogen) atoms. The Morgan fingerprint density at radius 2 is 1.80 bits per heavy atom. The lowest BCUT2D eigenvalue weighted by atomic mass is 10.1. The molecule has 0 aliphatic heterocycles. The average molecular weight is 277 g/mol. The lowest BCUT2D eigenvalue weighted by Crippen LogP contribution is -2.35. The molecule has 108 valence electrons. The zero-order chi connectivity index (χ0) is 15.1. The van der Waals surface area contributed by atoms with Gasteiger partial charge in [0.1, 0.15) is 0 Å². The third-order valence-corrected chi connectivity index (χ3v) is 2.48. The maximum absolute atomic E-state index is 11.6. The van der Waals surface area contributed by atoms with E-state index in [-0.39, 0.29) is 6.04 Å². The molecule has 0 heterocycles. The molecule has 0 atom stereocenters. The van der Waals surface area contributed by atoms with Crippen molar-refractivity contribution in [3.63, 3.8) is 0 Å². The fraction of sp³-hybridized carbons (Fsp3) is 0.333. The fourth-order valence-electron chi connectivity index (χ4n) is 1.54. The molecule has 0 saturated heterocycles. The van der Waals surface area contributed by atoms with Crippen LogP contribution in [0.5, 0.6) is 11.5 Å². The fourth-order valence-corrected chi connectivity index (χ4v) is 1.54. The Morgan fingerprint density at radius 1 is 1.15 bits per heavy atom. The van der Waals surface area contributed by atoms with E-state index in [1.807, 2.05) is 0 Å². The summed E-state index contributed by atoms with van der Waals surface area (Å²) in [6.45, 7) is 3.59. The molecule has 0 aliphatic carbocycles. The third-order valence-electron chi connectivity index (χ3n) is 2.48. The van der Waals surface area contributed by atoms with E-state index in [1.165, 1.54) is 13.2 Å². The van der Waals surface area contributed by atoms with Crippen molar-refractivity contribution >= 4 is 17.8 Å². The van der Waals surface area contributed by atoms with E-state index in [4.69, 9.17) is 9.47 Å². The van der Waals surface area contributed by atoms with Crippen LogP contribution in [0.15, 0.2) is 24.3 Å². The minimum Gasteiger partial charge on any atom is -0.493 e. The summed E-state index contributed by atoms with van der Waals surface area (Å²) < 4.78 is 10.3. The number of rotatable bonds is 6. The molecule has 1 amide bonds. The topological polar surface area (TPSA) is 64.6 Å². The normalized spacial score (nSPS) is 10.7. The van der Waals surface area contributed by atoms with Gasteiger partial charge in [0.15, 0.2) is 11.5 Å². The highest BCUT2D eigenvalue weighted by molar-refractivity contribution is 6.41. The molecular weight excluding hydrogens is 258 g/mol. The van der Waals surface area contributed by atoms with Crippen LogP contribution < -0.4 is 14.8 Å². The predicted molar refractivity (Wildman–Crippen MR) is 76.9 cm³/mol. The second-order valence-corrected chi connectivity index (χ2v) is 4.44. The first-order valence-corrected chi connectivity index (χ1v) is 6.23. The minimum absolute atomic E-state index is 0.0686. The molecule has 0 spiro atoms. The number of carbonyl (C=O) groups is 2. The van der Waals surface area contributed by atoms with E-state index < -0.39 is 11.7 Å². The molecule has 0 aromatic heterocycles. The van der Waals surface area contributed by atoms with Gasteiger partial charge in [0, 0.05) is 6.04 Å². The minimum atomic E-state index is -0.614. The van der Waals surface area contributed by atoms with Gasteiger partial charge in [0.2, 0.25) is 5.78 Å². The Kier molecular flexibility index (Phi) is 5.77. The van der Waals surface area contributed by atoms with E-state index >= 15 is 0 Å². The van der Waals surface area contributed by atoms with Gasteiger partial charge in [-0.2, -0.15) is 0 Å². The molecule has 0 radical (unpaired) electrons. The number of ketones is 1. The van der Waals surface area contributed by atoms with Gasteiger partial charge in [0.25, 0.3) is 5.91 Å². The summed E-state index contributed by atoms with van der Waals surface area (Å²) >= 11 is 0. The largest absolute Gasteiger partial charge is 0.493 e. The van der Waals surface area contributed by atoms with Crippen molar-refractivity contribution in [2.24, 2.45) is 0 Å². The zero-order valence-corrected chi connectivity index (χ0v) is 12.1. The molecule has 1 N–H and O–H groups in total. The molecule has 1 aromatic carbocycles. The Bertz CT molecular complexity index is 521. The second-order valence-electron chi connectivity index (χ2n) is 4.44. The molecule has 0 bridgehead atoms. The van der Waals surface area contributed by atoms with Crippen molar-refractivity contribution in [1.82, 2.24) is 5.32 Å². The van der Waals surface area contributed by atoms with Gasteiger partial charge in [-0.1, -0.05) is 12.1 Å². The first-order valence-electron chi connectivity index (χ1n) is 6.23. The van der Waals surface area contributed by atoms with Crippen LogP contribution >= 0.6 is 0 Å². The Hall–Kier alpha value is -2.30. The lowest BCUT2D eigenvalue weighted by molar-refractivity contribution is -0.135. The highest BCUT2D eigenvalue weighted by Crippen LogP contribution is 2.27. The van der Waals surface area contributed by atoms with Crippen LogP contribution in [0.25, 0.3) is 6.08 Å². The van der Waals surface area contributed by atoms with Crippen molar-refractivity contribution in [2.45, 2.75) is 19.9 Å². The SMILES string of the molecule is COc1ccc(/C=C/C(=O)C(=O)NC(C)C)cc1OC. The molecule has 0 saturated carbocycles. The van der Waals surface area contributed by atoms with Crippen molar-refractivity contribution in [3.05, 3.63) is 29.8 Å². The molecule has 0 unspecified atom stereocenters. The van der Waals surface area contributed by atoms with Crippen LogP contribution in [-0.2, 0) is 9.59 Å². The average Bonchev–Trinajstić information content (AvgIpc) is 2.43. The number of hydrogen-bond acceptors (Lipinski definition) is 4. The van der Waals surface area contributed by atoms with Crippen LogP contribution in [0.3, 0.4) is 0 Å². The molecule has 1 aromatic rings. The molecule has 1 rings (SSSR count). The number of benzene rings is 1. The van der Waals surface area contributed by atoms with E-state index in [0.717, 1.165) is 5.56 Å². The molecule has 0 aliphatic rings. The van der Waals surface area contributed by atoms with E-state index in [9.17, 15) is 9.59 Å². The molecule has 5 heteroatoms. The highest BCUT2D eigenvalue weighted by Gasteiger charge is 2.10. The standard InChI is InChI=1S/C15H19NO4/c1-10(2)16-15(18)12(17)7-5-11-6-8-13(19-3)14(9-11)20-4/h5-10H,1-4H3,(H,16,18)/b7-5+. The Balaban J connectivity index is 2.80. The number of carbonyl (C=O) groups excluding carboxylic acids is 2. The number of nitrogens with one attached hydrogen (secondary N) is 1. The van der Waals surface area contributed by atoms with E-state index in [1.54, 1.807) is 45.2 Å². The van der Waals surface area contributed by atoms with Crippen molar-refractivity contribution in [1.29, 1.82) is 0 Å². The maximum Gasteiger partial charge on any atom is 0.291 e. The van der Waals surface area contributed by atoms with Gasteiger partial charge in [-0.3, -0.25) is 9.59 Å². The Morgan fingerprint density at radius 3 is 2.35 bits per heavy atom. The first kappa shape index (κ1) is 15.8. The summed E-state index contributed by atoms with van der Waals surface area (Å²) in [5.41, 5.74) is 0.744. The summed E-state index contributed by atoms with van der Waals surface area (Å²) in [5.74, 6) is -0.0348. The van der Waals surface area contributed by atoms with Crippen LogP contribution in [0.1, 0.15) is 19.4 Å². The maximum atomic E-state index is 11.6.